The summed E-state index contributed by atoms with van der Waals surface area (Å²) in [6.07, 6.45) is 3.92. The van der Waals surface area contributed by atoms with Crippen molar-refractivity contribution in [3.8, 4) is 0 Å². The Morgan fingerprint density at radius 3 is 2.78 bits per heavy atom. The molecule has 2 unspecified atom stereocenters. The van der Waals surface area contributed by atoms with E-state index in [2.05, 4.69) is 10.3 Å². The van der Waals surface area contributed by atoms with Gasteiger partial charge in [0.2, 0.25) is 0 Å². The van der Waals surface area contributed by atoms with E-state index in [1.54, 1.807) is 13.8 Å². The van der Waals surface area contributed by atoms with Crippen LogP contribution in [0.1, 0.15) is 45.2 Å². The van der Waals surface area contributed by atoms with Crippen LogP contribution < -0.4 is 5.32 Å². The Hall–Kier alpha value is -1.49. The standard InChI is InChI=1S/C13H19FN2O2/c1-4-5-13(3,12(17)18)16-9(2)10-6-11(14)8-15-7-10/h6-9,16H,4-5H2,1-3H3,(H,17,18). The molecule has 2 N–H and O–H groups in total. The van der Waals surface area contributed by atoms with Crippen LogP contribution in [-0.4, -0.2) is 21.6 Å². The van der Waals surface area contributed by atoms with Crippen molar-refractivity contribution in [3.63, 3.8) is 0 Å². The van der Waals surface area contributed by atoms with E-state index < -0.39 is 17.3 Å². The van der Waals surface area contributed by atoms with E-state index in [1.165, 1.54) is 12.3 Å². The molecule has 0 bridgehead atoms. The lowest BCUT2D eigenvalue weighted by atomic mass is 9.94. The third kappa shape index (κ3) is 3.50. The molecule has 100 valence electrons. The molecule has 1 heterocycles. The van der Waals surface area contributed by atoms with Crippen molar-refractivity contribution in [2.45, 2.75) is 45.2 Å². The van der Waals surface area contributed by atoms with Gasteiger partial charge in [0.05, 0.1) is 6.20 Å². The second kappa shape index (κ2) is 5.91. The van der Waals surface area contributed by atoms with Gasteiger partial charge in [-0.3, -0.25) is 15.1 Å². The molecule has 0 aliphatic heterocycles. The number of halogens is 1. The van der Waals surface area contributed by atoms with Gasteiger partial charge in [0, 0.05) is 12.2 Å². The molecule has 2 atom stereocenters. The topological polar surface area (TPSA) is 62.2 Å². The maximum Gasteiger partial charge on any atom is 0.323 e. The number of aliphatic carboxylic acids is 1. The maximum atomic E-state index is 13.1. The van der Waals surface area contributed by atoms with Gasteiger partial charge in [-0.05, 0) is 31.9 Å². The number of nitrogens with zero attached hydrogens (tertiary/aromatic N) is 1. The van der Waals surface area contributed by atoms with Crippen LogP contribution in [-0.2, 0) is 4.79 Å². The Morgan fingerprint density at radius 1 is 1.61 bits per heavy atom. The van der Waals surface area contributed by atoms with Crippen molar-refractivity contribution in [1.29, 1.82) is 0 Å². The quantitative estimate of drug-likeness (QED) is 0.818. The van der Waals surface area contributed by atoms with Gasteiger partial charge in [0.15, 0.2) is 0 Å². The third-order valence-corrected chi connectivity index (χ3v) is 2.98. The Bertz CT molecular complexity index is 425. The fraction of sp³-hybridized carbons (Fsp3) is 0.538. The zero-order valence-corrected chi connectivity index (χ0v) is 10.9. The van der Waals surface area contributed by atoms with E-state index in [-0.39, 0.29) is 6.04 Å². The zero-order valence-electron chi connectivity index (χ0n) is 10.9. The number of nitrogens with one attached hydrogen (secondary N) is 1. The largest absolute Gasteiger partial charge is 0.480 e. The molecule has 18 heavy (non-hydrogen) atoms. The van der Waals surface area contributed by atoms with Crippen LogP contribution in [0.5, 0.6) is 0 Å². The van der Waals surface area contributed by atoms with E-state index in [9.17, 15) is 14.3 Å². The van der Waals surface area contributed by atoms with Gasteiger partial charge < -0.3 is 5.11 Å². The molecule has 4 nitrogen and oxygen atoms in total. The van der Waals surface area contributed by atoms with Crippen molar-refractivity contribution < 1.29 is 14.3 Å². The molecular formula is C13H19FN2O2. The molecule has 0 saturated carbocycles. The molecule has 1 aromatic heterocycles. The Balaban J connectivity index is 2.85. The predicted octanol–water partition coefficient (Wildman–Crippen LogP) is 2.51. The second-order valence-corrected chi connectivity index (χ2v) is 4.69. The van der Waals surface area contributed by atoms with Crippen molar-refractivity contribution in [3.05, 3.63) is 29.8 Å². The van der Waals surface area contributed by atoms with Gasteiger partial charge in [-0.25, -0.2) is 4.39 Å². The number of hydrogen-bond acceptors (Lipinski definition) is 3. The lowest BCUT2D eigenvalue weighted by Crippen LogP contribution is -2.50. The summed E-state index contributed by atoms with van der Waals surface area (Å²) in [6, 6.07) is 1.08. The normalized spacial score (nSPS) is 16.0. The fourth-order valence-corrected chi connectivity index (χ4v) is 1.97. The Labute approximate surface area is 106 Å². The molecule has 0 aromatic carbocycles. The first kappa shape index (κ1) is 14.6. The van der Waals surface area contributed by atoms with Crippen LogP contribution in [0.4, 0.5) is 4.39 Å². The summed E-state index contributed by atoms with van der Waals surface area (Å²) in [5.41, 5.74) is -0.376. The fourth-order valence-electron chi connectivity index (χ4n) is 1.97. The van der Waals surface area contributed by atoms with Crippen molar-refractivity contribution in [2.24, 2.45) is 0 Å². The van der Waals surface area contributed by atoms with Crippen LogP contribution in [0.3, 0.4) is 0 Å². The molecular weight excluding hydrogens is 235 g/mol. The minimum atomic E-state index is -1.01. The lowest BCUT2D eigenvalue weighted by molar-refractivity contribution is -0.144. The first-order chi connectivity index (χ1) is 8.39. The van der Waals surface area contributed by atoms with Crippen LogP contribution in [0.25, 0.3) is 0 Å². The minimum Gasteiger partial charge on any atom is -0.480 e. The second-order valence-electron chi connectivity index (χ2n) is 4.69. The summed E-state index contributed by atoms with van der Waals surface area (Å²) in [5, 5.41) is 12.3. The number of hydrogen-bond donors (Lipinski definition) is 2. The van der Waals surface area contributed by atoms with Gasteiger partial charge in [0.1, 0.15) is 11.4 Å². The van der Waals surface area contributed by atoms with Crippen LogP contribution in [0, 0.1) is 5.82 Å². The molecule has 5 heteroatoms. The zero-order chi connectivity index (χ0) is 13.8. The van der Waals surface area contributed by atoms with E-state index in [4.69, 9.17) is 0 Å². The van der Waals surface area contributed by atoms with E-state index in [0.717, 1.165) is 12.6 Å². The summed E-state index contributed by atoms with van der Waals surface area (Å²) in [5.74, 6) is -1.32. The molecule has 0 fully saturated rings. The van der Waals surface area contributed by atoms with Gasteiger partial charge >= 0.3 is 5.97 Å². The number of carbonyl (C=O) groups is 1. The van der Waals surface area contributed by atoms with Crippen molar-refractivity contribution >= 4 is 5.97 Å². The smallest absolute Gasteiger partial charge is 0.323 e. The first-order valence-electron chi connectivity index (χ1n) is 6.00. The molecule has 0 saturated heterocycles. The Morgan fingerprint density at radius 2 is 2.28 bits per heavy atom. The highest BCUT2D eigenvalue weighted by Crippen LogP contribution is 2.20. The molecule has 0 amide bonds. The number of carboxylic acids is 1. The van der Waals surface area contributed by atoms with Crippen molar-refractivity contribution in [2.75, 3.05) is 0 Å². The Kier molecular flexibility index (Phi) is 4.78. The molecule has 0 aliphatic carbocycles. The molecule has 0 radical (unpaired) electrons. The van der Waals surface area contributed by atoms with E-state index in [0.29, 0.717) is 12.0 Å². The number of rotatable bonds is 6. The van der Waals surface area contributed by atoms with Gasteiger partial charge in [-0.15, -0.1) is 0 Å². The number of aromatic nitrogens is 1. The van der Waals surface area contributed by atoms with Gasteiger partial charge in [0.25, 0.3) is 0 Å². The van der Waals surface area contributed by atoms with E-state index >= 15 is 0 Å². The average molecular weight is 254 g/mol. The summed E-state index contributed by atoms with van der Waals surface area (Å²) < 4.78 is 13.1. The average Bonchev–Trinajstić information content (AvgIpc) is 2.29. The number of carboxylic acid groups (broad SMARTS) is 1. The molecule has 1 aromatic rings. The summed E-state index contributed by atoms with van der Waals surface area (Å²) in [4.78, 5) is 15.1. The van der Waals surface area contributed by atoms with Gasteiger partial charge in [-0.2, -0.15) is 0 Å². The highest BCUT2D eigenvalue weighted by Gasteiger charge is 2.33. The maximum absolute atomic E-state index is 13.1. The van der Waals surface area contributed by atoms with Crippen LogP contribution in [0.15, 0.2) is 18.5 Å². The summed E-state index contributed by atoms with van der Waals surface area (Å²) in [7, 11) is 0. The lowest BCUT2D eigenvalue weighted by Gasteiger charge is -2.29. The third-order valence-electron chi connectivity index (χ3n) is 2.98. The van der Waals surface area contributed by atoms with Crippen LogP contribution >= 0.6 is 0 Å². The molecule has 0 aliphatic rings. The van der Waals surface area contributed by atoms with Gasteiger partial charge in [-0.1, -0.05) is 13.3 Å². The van der Waals surface area contributed by atoms with E-state index in [1.807, 2.05) is 6.92 Å². The highest BCUT2D eigenvalue weighted by molar-refractivity contribution is 5.78. The molecule has 1 rings (SSSR count). The highest BCUT2D eigenvalue weighted by atomic mass is 19.1. The monoisotopic (exact) mass is 254 g/mol. The summed E-state index contributed by atoms with van der Waals surface area (Å²) >= 11 is 0. The summed E-state index contributed by atoms with van der Waals surface area (Å²) in [6.45, 7) is 5.37. The van der Waals surface area contributed by atoms with Crippen LogP contribution in [0.2, 0.25) is 0 Å². The number of pyridine rings is 1. The minimum absolute atomic E-state index is 0.277. The molecule has 0 spiro atoms. The SMILES string of the molecule is CCCC(C)(NC(C)c1cncc(F)c1)C(=O)O. The van der Waals surface area contributed by atoms with Crippen molar-refractivity contribution in [1.82, 2.24) is 10.3 Å². The predicted molar refractivity (Wildman–Crippen MR) is 66.7 cm³/mol. The first-order valence-corrected chi connectivity index (χ1v) is 6.00.